The van der Waals surface area contributed by atoms with Crippen LogP contribution in [0.15, 0.2) is 12.4 Å². The summed E-state index contributed by atoms with van der Waals surface area (Å²) in [7, 11) is 2.06. The molecule has 90 valence electrons. The van der Waals surface area contributed by atoms with Gasteiger partial charge in [0, 0.05) is 25.5 Å². The van der Waals surface area contributed by atoms with E-state index < -0.39 is 0 Å². The number of hydrogen-bond donors (Lipinski definition) is 0. The highest BCUT2D eigenvalue weighted by Crippen LogP contribution is 2.13. The van der Waals surface area contributed by atoms with Crippen LogP contribution in [0.2, 0.25) is 0 Å². The van der Waals surface area contributed by atoms with E-state index in [4.69, 9.17) is 0 Å². The first-order valence-corrected chi connectivity index (χ1v) is 6.89. The maximum Gasteiger partial charge on any atom is 0.225 e. The zero-order chi connectivity index (χ0) is 12.0. The van der Waals surface area contributed by atoms with E-state index >= 15 is 0 Å². The molecule has 1 aromatic heterocycles. The quantitative estimate of drug-likeness (QED) is 0.714. The van der Waals surface area contributed by atoms with Gasteiger partial charge in [0.15, 0.2) is 0 Å². The molecule has 0 saturated carbocycles. The van der Waals surface area contributed by atoms with Gasteiger partial charge in [-0.3, -0.25) is 0 Å². The Balaban J connectivity index is 2.49. The molecule has 0 N–H and O–H groups in total. The average molecular weight is 239 g/mol. The van der Waals surface area contributed by atoms with Gasteiger partial charge in [0.05, 0.1) is 0 Å². The smallest absolute Gasteiger partial charge is 0.225 e. The van der Waals surface area contributed by atoms with E-state index in [-0.39, 0.29) is 0 Å². The maximum atomic E-state index is 4.34. The summed E-state index contributed by atoms with van der Waals surface area (Å²) in [5.41, 5.74) is 1.10. The third kappa shape index (κ3) is 4.00. The van der Waals surface area contributed by atoms with Gasteiger partial charge < -0.3 is 4.90 Å². The highest BCUT2D eigenvalue weighted by atomic mass is 32.2. The van der Waals surface area contributed by atoms with Crippen LogP contribution in [-0.4, -0.2) is 34.6 Å². The van der Waals surface area contributed by atoms with Crippen LogP contribution >= 0.6 is 11.8 Å². The molecule has 1 atom stereocenters. The zero-order valence-electron chi connectivity index (χ0n) is 10.6. The molecule has 16 heavy (non-hydrogen) atoms. The van der Waals surface area contributed by atoms with Crippen LogP contribution in [0, 0.1) is 6.92 Å². The van der Waals surface area contributed by atoms with Gasteiger partial charge in [-0.1, -0.05) is 6.92 Å². The van der Waals surface area contributed by atoms with E-state index in [0.29, 0.717) is 6.04 Å². The van der Waals surface area contributed by atoms with E-state index in [2.05, 4.69) is 35.8 Å². The first-order chi connectivity index (χ1) is 7.65. The van der Waals surface area contributed by atoms with Crippen molar-refractivity contribution in [1.82, 2.24) is 9.97 Å². The molecule has 0 saturated heterocycles. The molecule has 0 radical (unpaired) electrons. The minimum Gasteiger partial charge on any atom is -0.341 e. The third-order valence-electron chi connectivity index (χ3n) is 2.63. The predicted molar refractivity (Wildman–Crippen MR) is 72.3 cm³/mol. The van der Waals surface area contributed by atoms with Crippen molar-refractivity contribution < 1.29 is 0 Å². The minimum atomic E-state index is 0.488. The van der Waals surface area contributed by atoms with Crippen molar-refractivity contribution in [2.45, 2.75) is 33.2 Å². The van der Waals surface area contributed by atoms with Gasteiger partial charge in [-0.05, 0) is 37.3 Å². The molecule has 3 nitrogen and oxygen atoms in total. The van der Waals surface area contributed by atoms with Gasteiger partial charge in [0.1, 0.15) is 0 Å². The summed E-state index contributed by atoms with van der Waals surface area (Å²) in [4.78, 5) is 10.8. The number of nitrogens with zero attached hydrogens (tertiary/aromatic N) is 3. The Labute approximate surface area is 103 Å². The highest BCUT2D eigenvalue weighted by Gasteiger charge is 2.11. The van der Waals surface area contributed by atoms with E-state index in [1.165, 1.54) is 17.9 Å². The third-order valence-corrected chi connectivity index (χ3v) is 3.56. The first-order valence-electron chi connectivity index (χ1n) is 5.74. The molecule has 0 amide bonds. The van der Waals surface area contributed by atoms with E-state index in [1.807, 2.05) is 31.1 Å². The summed E-state index contributed by atoms with van der Waals surface area (Å²) in [5.74, 6) is 3.21. The number of rotatable bonds is 6. The standard InChI is InChI=1S/C12H21N3S/c1-5-16-7-6-11(3)15(4)12-13-8-10(2)9-14-12/h8-9,11H,5-7H2,1-4H3. The summed E-state index contributed by atoms with van der Waals surface area (Å²) in [6.45, 7) is 6.42. The number of aromatic nitrogens is 2. The number of thioether (sulfide) groups is 1. The Morgan fingerprint density at radius 2 is 2.00 bits per heavy atom. The van der Waals surface area contributed by atoms with E-state index in [9.17, 15) is 0 Å². The van der Waals surface area contributed by atoms with Crippen molar-refractivity contribution >= 4 is 17.7 Å². The molecule has 0 aliphatic carbocycles. The summed E-state index contributed by atoms with van der Waals surface area (Å²) < 4.78 is 0. The lowest BCUT2D eigenvalue weighted by Crippen LogP contribution is -2.30. The van der Waals surface area contributed by atoms with Gasteiger partial charge in [-0.25, -0.2) is 9.97 Å². The fourth-order valence-electron chi connectivity index (χ4n) is 1.36. The molecule has 1 heterocycles. The minimum absolute atomic E-state index is 0.488. The molecule has 0 aromatic carbocycles. The lowest BCUT2D eigenvalue weighted by molar-refractivity contribution is 0.653. The highest BCUT2D eigenvalue weighted by molar-refractivity contribution is 7.99. The number of aryl methyl sites for hydroxylation is 1. The van der Waals surface area contributed by atoms with Crippen LogP contribution in [-0.2, 0) is 0 Å². The van der Waals surface area contributed by atoms with Crippen molar-refractivity contribution in [3.63, 3.8) is 0 Å². The lowest BCUT2D eigenvalue weighted by Gasteiger charge is -2.24. The van der Waals surface area contributed by atoms with E-state index in [1.54, 1.807) is 0 Å². The Hall–Kier alpha value is -0.770. The van der Waals surface area contributed by atoms with Gasteiger partial charge >= 0.3 is 0 Å². The number of hydrogen-bond acceptors (Lipinski definition) is 4. The Bertz CT molecular complexity index is 300. The molecule has 0 bridgehead atoms. The molecule has 0 aliphatic rings. The fourth-order valence-corrected chi connectivity index (χ4v) is 2.15. The van der Waals surface area contributed by atoms with Gasteiger partial charge in [0.2, 0.25) is 5.95 Å². The van der Waals surface area contributed by atoms with Crippen molar-refractivity contribution in [3.8, 4) is 0 Å². The zero-order valence-corrected chi connectivity index (χ0v) is 11.4. The Kier molecular flexibility index (Phi) is 5.60. The second-order valence-corrected chi connectivity index (χ2v) is 5.40. The van der Waals surface area contributed by atoms with Crippen LogP contribution in [0.25, 0.3) is 0 Å². The van der Waals surface area contributed by atoms with Gasteiger partial charge in [-0.2, -0.15) is 11.8 Å². The van der Waals surface area contributed by atoms with Crippen LogP contribution < -0.4 is 4.90 Å². The second kappa shape index (κ2) is 6.74. The largest absolute Gasteiger partial charge is 0.341 e. The van der Waals surface area contributed by atoms with E-state index in [0.717, 1.165) is 11.5 Å². The summed E-state index contributed by atoms with van der Waals surface area (Å²) in [6, 6.07) is 0.488. The SMILES string of the molecule is CCSCCC(C)N(C)c1ncc(C)cn1. The van der Waals surface area contributed by atoms with Crippen LogP contribution in [0.1, 0.15) is 25.8 Å². The fraction of sp³-hybridized carbons (Fsp3) is 0.667. The summed E-state index contributed by atoms with van der Waals surface area (Å²) in [6.07, 6.45) is 4.91. The van der Waals surface area contributed by atoms with Crippen molar-refractivity contribution in [2.24, 2.45) is 0 Å². The molecule has 0 spiro atoms. The molecule has 0 aliphatic heterocycles. The first kappa shape index (κ1) is 13.3. The van der Waals surface area contributed by atoms with Crippen LogP contribution in [0.5, 0.6) is 0 Å². The maximum absolute atomic E-state index is 4.34. The lowest BCUT2D eigenvalue weighted by atomic mass is 10.2. The molecular weight excluding hydrogens is 218 g/mol. The molecule has 0 fully saturated rings. The van der Waals surface area contributed by atoms with Crippen LogP contribution in [0.3, 0.4) is 0 Å². The summed E-state index contributed by atoms with van der Waals surface area (Å²) >= 11 is 1.98. The van der Waals surface area contributed by atoms with Gasteiger partial charge in [-0.15, -0.1) is 0 Å². The van der Waals surface area contributed by atoms with Crippen molar-refractivity contribution in [1.29, 1.82) is 0 Å². The molecule has 1 rings (SSSR count). The predicted octanol–water partition coefficient (Wildman–Crippen LogP) is 2.75. The Morgan fingerprint density at radius 1 is 1.38 bits per heavy atom. The molecule has 1 unspecified atom stereocenters. The average Bonchev–Trinajstić information content (AvgIpc) is 2.29. The van der Waals surface area contributed by atoms with Crippen LogP contribution in [0.4, 0.5) is 5.95 Å². The number of anilines is 1. The molecule has 4 heteroatoms. The monoisotopic (exact) mass is 239 g/mol. The molecule has 1 aromatic rings. The normalized spacial score (nSPS) is 12.5. The van der Waals surface area contributed by atoms with Gasteiger partial charge in [0.25, 0.3) is 0 Å². The second-order valence-electron chi connectivity index (χ2n) is 4.01. The van der Waals surface area contributed by atoms with Crippen molar-refractivity contribution in [3.05, 3.63) is 18.0 Å². The topological polar surface area (TPSA) is 29.0 Å². The Morgan fingerprint density at radius 3 is 2.56 bits per heavy atom. The molecular formula is C12H21N3S. The van der Waals surface area contributed by atoms with Crippen molar-refractivity contribution in [2.75, 3.05) is 23.5 Å². The summed E-state index contributed by atoms with van der Waals surface area (Å²) in [5, 5.41) is 0.